The van der Waals surface area contributed by atoms with Crippen LogP contribution in [0, 0.1) is 0 Å². The van der Waals surface area contributed by atoms with Crippen molar-refractivity contribution in [2.75, 3.05) is 13.7 Å². The average Bonchev–Trinajstić information content (AvgIpc) is 2.80. The zero-order chi connectivity index (χ0) is 20.9. The molecule has 30 heavy (non-hydrogen) atoms. The lowest BCUT2D eigenvalue weighted by Crippen LogP contribution is -2.39. The lowest BCUT2D eigenvalue weighted by molar-refractivity contribution is 0.340. The molecule has 1 aliphatic rings. The van der Waals surface area contributed by atoms with Gasteiger partial charge in [-0.05, 0) is 55.0 Å². The van der Waals surface area contributed by atoms with Gasteiger partial charge in [0.15, 0.2) is 0 Å². The van der Waals surface area contributed by atoms with E-state index in [1.54, 1.807) is 13.2 Å². The Kier molecular flexibility index (Phi) is 5.91. The molecule has 5 heteroatoms. The second-order valence-corrected chi connectivity index (χ2v) is 7.06. The lowest BCUT2D eigenvalue weighted by atomic mass is 9.97. The Morgan fingerprint density at radius 1 is 0.900 bits per heavy atom. The fraction of sp³-hybridized carbons (Fsp3) is 0.200. The maximum Gasteiger partial charge on any atom is 0.125 e. The van der Waals surface area contributed by atoms with E-state index in [2.05, 4.69) is 16.7 Å². The smallest absolute Gasteiger partial charge is 0.125 e. The summed E-state index contributed by atoms with van der Waals surface area (Å²) in [5, 5.41) is 17.6. The number of hydrogen-bond donors (Lipinski definition) is 3. The van der Waals surface area contributed by atoms with Crippen LogP contribution in [0.5, 0.6) is 17.2 Å². The number of methoxy groups -OCH3 is 1. The van der Waals surface area contributed by atoms with E-state index in [0.29, 0.717) is 6.61 Å². The molecule has 0 radical (unpaired) electrons. The molecule has 0 saturated carbocycles. The number of aromatic hydroxyl groups is 1. The van der Waals surface area contributed by atoms with Crippen molar-refractivity contribution in [3.8, 4) is 17.2 Å². The summed E-state index contributed by atoms with van der Waals surface area (Å²) in [6.45, 7) is 2.61. The van der Waals surface area contributed by atoms with Gasteiger partial charge in [-0.25, -0.2) is 0 Å². The summed E-state index contributed by atoms with van der Waals surface area (Å²) in [7, 11) is 1.67. The molecule has 0 fully saturated rings. The molecule has 0 aliphatic carbocycles. The monoisotopic (exact) mass is 402 g/mol. The highest BCUT2D eigenvalue weighted by molar-refractivity contribution is 5.67. The molecule has 0 aromatic heterocycles. The first kappa shape index (κ1) is 19.9. The highest BCUT2D eigenvalue weighted by atomic mass is 16.5. The van der Waals surface area contributed by atoms with Crippen molar-refractivity contribution >= 4 is 5.70 Å². The van der Waals surface area contributed by atoms with Gasteiger partial charge in [-0.15, -0.1) is 0 Å². The van der Waals surface area contributed by atoms with Gasteiger partial charge in [-0.1, -0.05) is 36.4 Å². The Balaban J connectivity index is 1.74. The molecule has 0 amide bonds. The minimum absolute atomic E-state index is 0.177. The molecule has 3 aromatic rings. The van der Waals surface area contributed by atoms with Gasteiger partial charge >= 0.3 is 0 Å². The summed E-state index contributed by atoms with van der Waals surface area (Å²) in [5.74, 6) is 1.90. The zero-order valence-corrected chi connectivity index (χ0v) is 17.1. The quantitative estimate of drug-likeness (QED) is 0.554. The van der Waals surface area contributed by atoms with E-state index in [9.17, 15) is 5.11 Å². The molecule has 154 valence electrons. The van der Waals surface area contributed by atoms with Crippen molar-refractivity contribution < 1.29 is 14.6 Å². The second-order valence-electron chi connectivity index (χ2n) is 7.06. The Bertz CT molecular complexity index is 1030. The van der Waals surface area contributed by atoms with Crippen molar-refractivity contribution in [2.45, 2.75) is 19.1 Å². The molecule has 4 rings (SSSR count). The molecule has 0 bridgehead atoms. The van der Waals surface area contributed by atoms with Gasteiger partial charge in [0.2, 0.25) is 0 Å². The summed E-state index contributed by atoms with van der Waals surface area (Å²) in [5.41, 5.74) is 3.83. The Morgan fingerprint density at radius 2 is 1.60 bits per heavy atom. The molecule has 3 N–H and O–H groups in total. The second kappa shape index (κ2) is 8.93. The number of benzene rings is 3. The van der Waals surface area contributed by atoms with Gasteiger partial charge in [0.25, 0.3) is 0 Å². The molecular formula is C25H26N2O3. The topological polar surface area (TPSA) is 62.8 Å². The summed E-state index contributed by atoms with van der Waals surface area (Å²) in [6.07, 6.45) is 1.90. The number of ether oxygens (including phenoxy) is 2. The first-order chi connectivity index (χ1) is 14.7. The van der Waals surface area contributed by atoms with Crippen LogP contribution >= 0.6 is 0 Å². The standard InChI is InChI=1S/C25H26N2O3/c1-3-30-18-14-12-17(13-15-18)21-16-22(19-8-4-6-10-23(19)28)27-25(26-21)20-9-5-7-11-24(20)29-2/h4-16,22,25-28H,3H2,1-2H3. The van der Waals surface area contributed by atoms with Crippen LogP contribution in [0.15, 0.2) is 78.9 Å². The number of hydrogen-bond acceptors (Lipinski definition) is 5. The van der Waals surface area contributed by atoms with Crippen LogP contribution in [0.2, 0.25) is 0 Å². The van der Waals surface area contributed by atoms with Crippen LogP contribution in [-0.4, -0.2) is 18.8 Å². The van der Waals surface area contributed by atoms with Crippen LogP contribution < -0.4 is 20.1 Å². The molecular weight excluding hydrogens is 376 g/mol. The van der Waals surface area contributed by atoms with Crippen LogP contribution in [-0.2, 0) is 0 Å². The van der Waals surface area contributed by atoms with Gasteiger partial charge < -0.3 is 19.9 Å². The first-order valence-corrected chi connectivity index (χ1v) is 10.1. The summed E-state index contributed by atoms with van der Waals surface area (Å²) in [4.78, 5) is 0. The summed E-state index contributed by atoms with van der Waals surface area (Å²) >= 11 is 0. The predicted octanol–water partition coefficient (Wildman–Crippen LogP) is 4.77. The van der Waals surface area contributed by atoms with E-state index in [1.165, 1.54) is 0 Å². The van der Waals surface area contributed by atoms with Crippen molar-refractivity contribution in [1.29, 1.82) is 0 Å². The number of phenols is 1. The number of phenolic OH excluding ortho intramolecular Hbond substituents is 1. The van der Waals surface area contributed by atoms with E-state index in [0.717, 1.165) is 33.9 Å². The number of rotatable bonds is 6. The Hall–Kier alpha value is -3.44. The summed E-state index contributed by atoms with van der Waals surface area (Å²) in [6, 6.07) is 23.2. The fourth-order valence-electron chi connectivity index (χ4n) is 3.72. The minimum atomic E-state index is -0.197. The van der Waals surface area contributed by atoms with Gasteiger partial charge in [-0.3, -0.25) is 5.32 Å². The molecule has 0 saturated heterocycles. The summed E-state index contributed by atoms with van der Waals surface area (Å²) < 4.78 is 11.2. The SMILES string of the molecule is CCOc1ccc(C2=CC(c3ccccc3O)NC(c3ccccc3OC)N2)cc1. The zero-order valence-electron chi connectivity index (χ0n) is 17.1. The minimum Gasteiger partial charge on any atom is -0.508 e. The van der Waals surface area contributed by atoms with E-state index < -0.39 is 0 Å². The maximum absolute atomic E-state index is 10.4. The third-order valence-electron chi connectivity index (χ3n) is 5.18. The maximum atomic E-state index is 10.4. The largest absolute Gasteiger partial charge is 0.508 e. The van der Waals surface area contributed by atoms with E-state index in [4.69, 9.17) is 9.47 Å². The average molecular weight is 402 g/mol. The molecule has 3 aromatic carbocycles. The van der Waals surface area contributed by atoms with Gasteiger partial charge in [-0.2, -0.15) is 0 Å². The van der Waals surface area contributed by atoms with Crippen LogP contribution in [0.3, 0.4) is 0 Å². The van der Waals surface area contributed by atoms with Crippen molar-refractivity contribution in [3.63, 3.8) is 0 Å². The van der Waals surface area contributed by atoms with E-state index in [1.807, 2.05) is 73.7 Å². The third-order valence-corrected chi connectivity index (χ3v) is 5.18. The van der Waals surface area contributed by atoms with E-state index >= 15 is 0 Å². The van der Waals surface area contributed by atoms with Gasteiger partial charge in [0, 0.05) is 16.8 Å². The predicted molar refractivity (Wildman–Crippen MR) is 118 cm³/mol. The van der Waals surface area contributed by atoms with Crippen LogP contribution in [0.25, 0.3) is 5.70 Å². The molecule has 2 unspecified atom stereocenters. The number of para-hydroxylation sites is 2. The number of nitrogens with one attached hydrogen (secondary N) is 2. The molecule has 5 nitrogen and oxygen atoms in total. The Labute approximate surface area is 177 Å². The Morgan fingerprint density at radius 3 is 2.30 bits per heavy atom. The van der Waals surface area contributed by atoms with Crippen LogP contribution in [0.1, 0.15) is 35.8 Å². The molecule has 0 spiro atoms. The molecule has 1 heterocycles. The van der Waals surface area contributed by atoms with Gasteiger partial charge in [0.1, 0.15) is 23.4 Å². The fourth-order valence-corrected chi connectivity index (χ4v) is 3.72. The lowest BCUT2D eigenvalue weighted by Gasteiger charge is -2.34. The first-order valence-electron chi connectivity index (χ1n) is 10.1. The molecule has 1 aliphatic heterocycles. The van der Waals surface area contributed by atoms with Crippen molar-refractivity contribution in [3.05, 3.63) is 95.6 Å². The normalized spacial score (nSPS) is 18.3. The van der Waals surface area contributed by atoms with Crippen molar-refractivity contribution in [1.82, 2.24) is 10.6 Å². The highest BCUT2D eigenvalue weighted by Crippen LogP contribution is 2.35. The van der Waals surface area contributed by atoms with Crippen molar-refractivity contribution in [2.24, 2.45) is 0 Å². The highest BCUT2D eigenvalue weighted by Gasteiger charge is 2.27. The molecule has 2 atom stereocenters. The third kappa shape index (κ3) is 4.11. The van der Waals surface area contributed by atoms with Crippen LogP contribution in [0.4, 0.5) is 0 Å². The van der Waals surface area contributed by atoms with E-state index in [-0.39, 0.29) is 18.0 Å². The van der Waals surface area contributed by atoms with Gasteiger partial charge in [0.05, 0.1) is 19.8 Å².